The van der Waals surface area contributed by atoms with Crippen LogP contribution >= 0.6 is 0 Å². The van der Waals surface area contributed by atoms with Crippen molar-refractivity contribution in [3.8, 4) is 11.5 Å². The van der Waals surface area contributed by atoms with Crippen molar-refractivity contribution in [1.82, 2.24) is 9.55 Å². The van der Waals surface area contributed by atoms with Crippen LogP contribution in [0.2, 0.25) is 0 Å². The lowest BCUT2D eigenvalue weighted by Gasteiger charge is -2.18. The fourth-order valence-corrected chi connectivity index (χ4v) is 4.30. The molecule has 0 radical (unpaired) electrons. The van der Waals surface area contributed by atoms with E-state index < -0.39 is 0 Å². The quantitative estimate of drug-likeness (QED) is 0.431. The van der Waals surface area contributed by atoms with Crippen LogP contribution < -0.4 is 14.4 Å². The molecule has 32 heavy (non-hydrogen) atoms. The Balaban J connectivity index is 1.39. The number of aromatic nitrogens is 2. The fraction of sp³-hybridized carbons (Fsp3) is 0.231. The Morgan fingerprint density at radius 1 is 0.938 bits per heavy atom. The highest BCUT2D eigenvalue weighted by Gasteiger charge is 2.34. The maximum atomic E-state index is 12.9. The molecule has 1 aromatic heterocycles. The van der Waals surface area contributed by atoms with Gasteiger partial charge in [-0.25, -0.2) is 4.98 Å². The Kier molecular flexibility index (Phi) is 5.50. The maximum absolute atomic E-state index is 12.9. The Morgan fingerprint density at radius 3 is 2.47 bits per heavy atom. The predicted octanol–water partition coefficient (Wildman–Crippen LogP) is 4.64. The number of amides is 1. The Labute approximate surface area is 187 Å². The summed E-state index contributed by atoms with van der Waals surface area (Å²) in [5.41, 5.74) is 2.89. The molecule has 2 heterocycles. The molecule has 5 rings (SSSR count). The largest absolute Gasteiger partial charge is 0.497 e. The van der Waals surface area contributed by atoms with Gasteiger partial charge in [0.25, 0.3) is 0 Å². The number of benzene rings is 3. The molecule has 1 amide bonds. The van der Waals surface area contributed by atoms with E-state index in [4.69, 9.17) is 14.5 Å². The molecule has 1 atom stereocenters. The molecule has 1 aliphatic rings. The number of carbonyl (C=O) groups excluding carboxylic acids is 1. The molecule has 1 aliphatic heterocycles. The van der Waals surface area contributed by atoms with Gasteiger partial charge in [-0.3, -0.25) is 4.79 Å². The van der Waals surface area contributed by atoms with Crippen molar-refractivity contribution in [2.45, 2.75) is 18.9 Å². The van der Waals surface area contributed by atoms with Crippen LogP contribution in [0.5, 0.6) is 11.5 Å². The number of fused-ring (bicyclic) bond motifs is 1. The fourth-order valence-electron chi connectivity index (χ4n) is 4.30. The zero-order chi connectivity index (χ0) is 21.9. The Hall–Kier alpha value is -3.80. The molecule has 0 saturated carbocycles. The highest BCUT2D eigenvalue weighted by Crippen LogP contribution is 2.33. The van der Waals surface area contributed by atoms with Gasteiger partial charge in [0.2, 0.25) is 5.91 Å². The lowest BCUT2D eigenvalue weighted by Crippen LogP contribution is -2.24. The van der Waals surface area contributed by atoms with Crippen LogP contribution in [-0.2, 0) is 11.3 Å². The number of ether oxygens (including phenoxy) is 2. The molecule has 0 bridgehead atoms. The first kappa shape index (κ1) is 20.1. The van der Waals surface area contributed by atoms with Crippen LogP contribution in [0.15, 0.2) is 78.9 Å². The Morgan fingerprint density at radius 2 is 1.69 bits per heavy atom. The third-order valence-corrected chi connectivity index (χ3v) is 5.89. The van der Waals surface area contributed by atoms with E-state index in [1.165, 1.54) is 0 Å². The number of hydrogen-bond acceptors (Lipinski definition) is 4. The van der Waals surface area contributed by atoms with Gasteiger partial charge in [0.1, 0.15) is 23.9 Å². The first-order valence-electron chi connectivity index (χ1n) is 10.8. The average molecular weight is 428 g/mol. The minimum absolute atomic E-state index is 0.0220. The van der Waals surface area contributed by atoms with Crippen LogP contribution in [0, 0.1) is 0 Å². The van der Waals surface area contributed by atoms with Crippen molar-refractivity contribution in [2.24, 2.45) is 0 Å². The second-order valence-corrected chi connectivity index (χ2v) is 7.88. The molecule has 3 aromatic carbocycles. The molecule has 4 aromatic rings. The lowest BCUT2D eigenvalue weighted by molar-refractivity contribution is -0.117. The normalized spacial score (nSPS) is 16.0. The highest BCUT2D eigenvalue weighted by atomic mass is 16.5. The van der Waals surface area contributed by atoms with Gasteiger partial charge in [-0.1, -0.05) is 30.3 Å². The first-order chi connectivity index (χ1) is 15.7. The molecule has 6 nitrogen and oxygen atoms in total. The topological polar surface area (TPSA) is 56.6 Å². The first-order valence-corrected chi connectivity index (χ1v) is 10.8. The highest BCUT2D eigenvalue weighted by molar-refractivity contribution is 5.96. The number of anilines is 1. The molecular formula is C26H25N3O3. The van der Waals surface area contributed by atoms with Crippen LogP contribution in [0.25, 0.3) is 11.0 Å². The smallest absolute Gasteiger partial charge is 0.227 e. The van der Waals surface area contributed by atoms with Gasteiger partial charge in [0, 0.05) is 24.6 Å². The summed E-state index contributed by atoms with van der Waals surface area (Å²) in [5, 5.41) is 0. The van der Waals surface area contributed by atoms with Crippen molar-refractivity contribution in [3.63, 3.8) is 0 Å². The van der Waals surface area contributed by atoms with Crippen LogP contribution in [0.3, 0.4) is 0 Å². The summed E-state index contributed by atoms with van der Waals surface area (Å²) in [6.07, 6.45) is 0.439. The number of para-hydroxylation sites is 3. The van der Waals surface area contributed by atoms with Gasteiger partial charge in [-0.05, 0) is 48.5 Å². The molecule has 0 aliphatic carbocycles. The third-order valence-electron chi connectivity index (χ3n) is 5.89. The molecule has 0 spiro atoms. The van der Waals surface area contributed by atoms with E-state index in [1.54, 1.807) is 7.11 Å². The SMILES string of the molecule is COc1ccc(N2C[C@H](c3nc4ccccc4n3CCOc3ccccc3)CC2=O)cc1. The van der Waals surface area contributed by atoms with Gasteiger partial charge < -0.3 is 18.9 Å². The summed E-state index contributed by atoms with van der Waals surface area (Å²) in [6, 6.07) is 25.5. The Bertz CT molecular complexity index is 1220. The molecular weight excluding hydrogens is 402 g/mol. The second kappa shape index (κ2) is 8.75. The van der Waals surface area contributed by atoms with Crippen molar-refractivity contribution < 1.29 is 14.3 Å². The molecule has 1 saturated heterocycles. The summed E-state index contributed by atoms with van der Waals surface area (Å²) in [7, 11) is 1.64. The molecule has 6 heteroatoms. The van der Waals surface area contributed by atoms with Crippen LogP contribution in [0.4, 0.5) is 5.69 Å². The number of hydrogen-bond donors (Lipinski definition) is 0. The minimum atomic E-state index is 0.0220. The average Bonchev–Trinajstić information content (AvgIpc) is 3.40. The summed E-state index contributed by atoms with van der Waals surface area (Å²) in [6.45, 7) is 1.80. The van der Waals surface area contributed by atoms with Crippen molar-refractivity contribution in [1.29, 1.82) is 0 Å². The number of rotatable bonds is 7. The number of carbonyl (C=O) groups is 1. The predicted molar refractivity (Wildman–Crippen MR) is 124 cm³/mol. The zero-order valence-corrected chi connectivity index (χ0v) is 18.0. The summed E-state index contributed by atoms with van der Waals surface area (Å²) >= 11 is 0. The van der Waals surface area contributed by atoms with Gasteiger partial charge in [-0.15, -0.1) is 0 Å². The van der Waals surface area contributed by atoms with E-state index in [0.717, 1.165) is 34.0 Å². The van der Waals surface area contributed by atoms with E-state index in [2.05, 4.69) is 10.6 Å². The van der Waals surface area contributed by atoms with Crippen LogP contribution in [0.1, 0.15) is 18.2 Å². The van der Waals surface area contributed by atoms with E-state index in [-0.39, 0.29) is 11.8 Å². The van der Waals surface area contributed by atoms with E-state index in [1.807, 2.05) is 77.7 Å². The van der Waals surface area contributed by atoms with Gasteiger partial charge in [0.15, 0.2) is 0 Å². The number of nitrogens with zero attached hydrogens (tertiary/aromatic N) is 3. The summed E-state index contributed by atoms with van der Waals surface area (Å²) in [4.78, 5) is 19.6. The molecule has 162 valence electrons. The molecule has 1 fully saturated rings. The van der Waals surface area contributed by atoms with Crippen molar-refractivity contribution in [2.75, 3.05) is 25.2 Å². The minimum Gasteiger partial charge on any atom is -0.497 e. The second-order valence-electron chi connectivity index (χ2n) is 7.88. The van der Waals surface area contributed by atoms with Crippen LogP contribution in [-0.4, -0.2) is 35.7 Å². The zero-order valence-electron chi connectivity index (χ0n) is 18.0. The third kappa shape index (κ3) is 3.91. The van der Waals surface area contributed by atoms with Gasteiger partial charge in [0.05, 0.1) is 24.7 Å². The summed E-state index contributed by atoms with van der Waals surface area (Å²) < 4.78 is 13.4. The van der Waals surface area contributed by atoms with E-state index in [9.17, 15) is 4.79 Å². The van der Waals surface area contributed by atoms with Crippen molar-refractivity contribution >= 4 is 22.6 Å². The lowest BCUT2D eigenvalue weighted by atomic mass is 10.1. The van der Waals surface area contributed by atoms with Gasteiger partial charge >= 0.3 is 0 Å². The monoisotopic (exact) mass is 427 g/mol. The molecule has 0 unspecified atom stereocenters. The van der Waals surface area contributed by atoms with Crippen molar-refractivity contribution in [3.05, 3.63) is 84.7 Å². The number of imidazole rings is 1. The van der Waals surface area contributed by atoms with Gasteiger partial charge in [-0.2, -0.15) is 0 Å². The molecule has 0 N–H and O–H groups in total. The standard InChI is InChI=1S/C26H25N3O3/c1-31-21-13-11-20(12-14-21)29-18-19(17-25(29)30)26-27-23-9-5-6-10-24(23)28(26)15-16-32-22-7-3-2-4-8-22/h2-14,19H,15-18H2,1H3/t19-/m1/s1. The summed E-state index contributed by atoms with van der Waals surface area (Å²) in [5.74, 6) is 2.69. The number of methoxy groups -OCH3 is 1. The van der Waals surface area contributed by atoms with E-state index >= 15 is 0 Å². The maximum Gasteiger partial charge on any atom is 0.227 e. The van der Waals surface area contributed by atoms with E-state index in [0.29, 0.717) is 26.1 Å².